The molecular weight excluding hydrogens is 398 g/mol. The first-order chi connectivity index (χ1) is 14.4. The van der Waals surface area contributed by atoms with Crippen molar-refractivity contribution in [2.24, 2.45) is 0 Å². The second-order valence-electron chi connectivity index (χ2n) is 8.07. The molecule has 0 unspecified atom stereocenters. The molecular formula is C22H29N5O2S. The summed E-state index contributed by atoms with van der Waals surface area (Å²) in [7, 11) is 0. The van der Waals surface area contributed by atoms with Gasteiger partial charge in [-0.3, -0.25) is 19.3 Å². The maximum atomic E-state index is 13.6. The van der Waals surface area contributed by atoms with Crippen LogP contribution in [0.4, 0.5) is 5.13 Å². The minimum atomic E-state index is -0.0537. The Morgan fingerprint density at radius 3 is 2.70 bits per heavy atom. The van der Waals surface area contributed by atoms with Crippen LogP contribution in [0.1, 0.15) is 41.5 Å². The van der Waals surface area contributed by atoms with E-state index in [0.717, 1.165) is 48.2 Å². The molecule has 1 aliphatic rings. The van der Waals surface area contributed by atoms with Gasteiger partial charge >= 0.3 is 0 Å². The minimum Gasteiger partial charge on any atom is -0.379 e. The average Bonchev–Trinajstić information content (AvgIpc) is 3.36. The Labute approximate surface area is 181 Å². The van der Waals surface area contributed by atoms with E-state index in [1.807, 2.05) is 18.7 Å². The van der Waals surface area contributed by atoms with Crippen LogP contribution in [-0.2, 0) is 4.74 Å². The van der Waals surface area contributed by atoms with Crippen molar-refractivity contribution in [3.63, 3.8) is 0 Å². The fourth-order valence-electron chi connectivity index (χ4n) is 3.67. The van der Waals surface area contributed by atoms with E-state index in [1.165, 1.54) is 11.1 Å². The van der Waals surface area contributed by atoms with E-state index < -0.39 is 0 Å². The number of ether oxygens (including phenoxy) is 1. The van der Waals surface area contributed by atoms with Crippen LogP contribution >= 0.6 is 11.3 Å². The molecule has 160 valence electrons. The van der Waals surface area contributed by atoms with Gasteiger partial charge in [-0.15, -0.1) is 0 Å². The number of aromatic nitrogens is 3. The number of benzene rings is 1. The summed E-state index contributed by atoms with van der Waals surface area (Å²) in [6, 6.07) is 6.18. The molecule has 1 aromatic carbocycles. The Hall–Kier alpha value is -2.29. The molecule has 8 heteroatoms. The first-order valence-electron chi connectivity index (χ1n) is 10.5. The molecule has 1 amide bonds. The number of carbonyl (C=O) groups excluding carboxylic acids is 1. The summed E-state index contributed by atoms with van der Waals surface area (Å²) in [5, 5.41) is 5.09. The van der Waals surface area contributed by atoms with Gasteiger partial charge in [-0.25, -0.2) is 4.98 Å². The minimum absolute atomic E-state index is 0.0537. The van der Waals surface area contributed by atoms with Gasteiger partial charge in [0.15, 0.2) is 5.13 Å². The van der Waals surface area contributed by atoms with Crippen molar-refractivity contribution in [2.75, 3.05) is 44.3 Å². The highest BCUT2D eigenvalue weighted by molar-refractivity contribution is 7.22. The Kier molecular flexibility index (Phi) is 6.17. The number of rotatable bonds is 6. The SMILES string of the molecule is Cc1cc2nc(N(CCN3CCOCC3)C(=O)c3ccnn3C(C)C)sc2cc1C. The van der Waals surface area contributed by atoms with E-state index in [0.29, 0.717) is 12.2 Å². The van der Waals surface area contributed by atoms with Crippen LogP contribution < -0.4 is 4.90 Å². The number of amides is 1. The van der Waals surface area contributed by atoms with Gasteiger partial charge in [0.25, 0.3) is 5.91 Å². The highest BCUT2D eigenvalue weighted by Gasteiger charge is 2.26. The van der Waals surface area contributed by atoms with E-state index in [9.17, 15) is 4.79 Å². The molecule has 1 aliphatic heterocycles. The Morgan fingerprint density at radius 2 is 1.97 bits per heavy atom. The summed E-state index contributed by atoms with van der Waals surface area (Å²) in [4.78, 5) is 22.6. The van der Waals surface area contributed by atoms with Gasteiger partial charge in [-0.05, 0) is 57.0 Å². The molecule has 0 aliphatic carbocycles. The van der Waals surface area contributed by atoms with E-state index in [1.54, 1.807) is 28.3 Å². The average molecular weight is 428 g/mol. The summed E-state index contributed by atoms with van der Waals surface area (Å²) in [5.74, 6) is -0.0537. The second-order valence-corrected chi connectivity index (χ2v) is 9.08. The fraction of sp³-hybridized carbons (Fsp3) is 0.500. The van der Waals surface area contributed by atoms with Gasteiger partial charge in [0.1, 0.15) is 5.69 Å². The van der Waals surface area contributed by atoms with E-state index >= 15 is 0 Å². The molecule has 2 aromatic heterocycles. The molecule has 0 N–H and O–H groups in total. The molecule has 1 fully saturated rings. The van der Waals surface area contributed by atoms with Crippen molar-refractivity contribution in [1.82, 2.24) is 19.7 Å². The molecule has 0 saturated carbocycles. The standard InChI is InChI=1S/C22H29N5O2S/c1-15(2)27-19(5-6-23-27)21(28)26(8-7-25-9-11-29-12-10-25)22-24-18-13-16(3)17(4)14-20(18)30-22/h5-6,13-15H,7-12H2,1-4H3. The predicted octanol–water partition coefficient (Wildman–Crippen LogP) is 3.67. The Bertz CT molecular complexity index is 997. The van der Waals surface area contributed by atoms with Crippen molar-refractivity contribution in [3.05, 3.63) is 41.2 Å². The lowest BCUT2D eigenvalue weighted by atomic mass is 10.1. The lowest BCUT2D eigenvalue weighted by molar-refractivity contribution is 0.0391. The van der Waals surface area contributed by atoms with Crippen molar-refractivity contribution in [1.29, 1.82) is 0 Å². The quantitative estimate of drug-likeness (QED) is 0.601. The summed E-state index contributed by atoms with van der Waals surface area (Å²) in [6.07, 6.45) is 1.69. The zero-order valence-electron chi connectivity index (χ0n) is 18.1. The second kappa shape index (κ2) is 8.83. The topological polar surface area (TPSA) is 63.5 Å². The van der Waals surface area contributed by atoms with Crippen LogP contribution in [0.5, 0.6) is 0 Å². The molecule has 7 nitrogen and oxygen atoms in total. The Balaban J connectivity index is 1.67. The summed E-state index contributed by atoms with van der Waals surface area (Å²) in [5.41, 5.74) is 3.99. The van der Waals surface area contributed by atoms with E-state index in [-0.39, 0.29) is 11.9 Å². The number of fused-ring (bicyclic) bond motifs is 1. The molecule has 0 atom stereocenters. The number of nitrogens with zero attached hydrogens (tertiary/aromatic N) is 5. The lowest BCUT2D eigenvalue weighted by Crippen LogP contribution is -2.43. The van der Waals surface area contributed by atoms with Gasteiger partial charge in [-0.1, -0.05) is 11.3 Å². The monoisotopic (exact) mass is 427 g/mol. The largest absolute Gasteiger partial charge is 0.379 e. The molecule has 0 spiro atoms. The molecule has 3 aromatic rings. The molecule has 1 saturated heterocycles. The highest BCUT2D eigenvalue weighted by atomic mass is 32.1. The number of anilines is 1. The van der Waals surface area contributed by atoms with Crippen LogP contribution in [0.3, 0.4) is 0 Å². The number of aryl methyl sites for hydroxylation is 2. The number of thiazole rings is 1. The van der Waals surface area contributed by atoms with Crippen LogP contribution in [0, 0.1) is 13.8 Å². The highest BCUT2D eigenvalue weighted by Crippen LogP contribution is 2.31. The van der Waals surface area contributed by atoms with Crippen LogP contribution in [-0.4, -0.2) is 65.0 Å². The molecule has 0 radical (unpaired) electrons. The zero-order chi connectivity index (χ0) is 21.3. The van der Waals surface area contributed by atoms with Gasteiger partial charge < -0.3 is 4.74 Å². The number of hydrogen-bond acceptors (Lipinski definition) is 6. The third-order valence-corrected chi connectivity index (χ3v) is 6.63. The molecule has 4 rings (SSSR count). The van der Waals surface area contributed by atoms with Crippen molar-refractivity contribution < 1.29 is 9.53 Å². The first kappa shape index (κ1) is 21.0. The molecule has 30 heavy (non-hydrogen) atoms. The fourth-order valence-corrected chi connectivity index (χ4v) is 4.74. The summed E-state index contributed by atoms with van der Waals surface area (Å²) in [6.45, 7) is 12.9. The Morgan fingerprint density at radius 1 is 1.23 bits per heavy atom. The predicted molar refractivity (Wildman–Crippen MR) is 121 cm³/mol. The van der Waals surface area contributed by atoms with Gasteiger partial charge in [0.2, 0.25) is 0 Å². The van der Waals surface area contributed by atoms with E-state index in [2.05, 4.69) is 36.0 Å². The number of carbonyl (C=O) groups is 1. The van der Waals surface area contributed by atoms with Crippen LogP contribution in [0.2, 0.25) is 0 Å². The van der Waals surface area contributed by atoms with Crippen LogP contribution in [0.15, 0.2) is 24.4 Å². The van der Waals surface area contributed by atoms with Gasteiger partial charge in [-0.2, -0.15) is 5.10 Å². The molecule has 0 bridgehead atoms. The van der Waals surface area contributed by atoms with Gasteiger partial charge in [0.05, 0.1) is 23.4 Å². The smallest absolute Gasteiger partial charge is 0.278 e. The number of morpholine rings is 1. The third kappa shape index (κ3) is 4.26. The van der Waals surface area contributed by atoms with Crippen molar-refractivity contribution >= 4 is 32.6 Å². The van der Waals surface area contributed by atoms with Crippen molar-refractivity contribution in [3.8, 4) is 0 Å². The van der Waals surface area contributed by atoms with Gasteiger partial charge in [0, 0.05) is 38.4 Å². The first-order valence-corrected chi connectivity index (χ1v) is 11.3. The number of hydrogen-bond donors (Lipinski definition) is 0. The lowest BCUT2D eigenvalue weighted by Gasteiger charge is -2.29. The summed E-state index contributed by atoms with van der Waals surface area (Å²) < 4.78 is 8.35. The van der Waals surface area contributed by atoms with Crippen LogP contribution in [0.25, 0.3) is 10.2 Å². The maximum Gasteiger partial charge on any atom is 0.278 e. The third-order valence-electron chi connectivity index (χ3n) is 5.59. The normalized spacial score (nSPS) is 15.2. The molecule has 3 heterocycles. The maximum absolute atomic E-state index is 13.6. The van der Waals surface area contributed by atoms with E-state index in [4.69, 9.17) is 9.72 Å². The zero-order valence-corrected chi connectivity index (χ0v) is 18.9. The van der Waals surface area contributed by atoms with Crippen molar-refractivity contribution in [2.45, 2.75) is 33.7 Å². The summed E-state index contributed by atoms with van der Waals surface area (Å²) >= 11 is 1.58.